The van der Waals surface area contributed by atoms with Crippen molar-refractivity contribution in [1.82, 2.24) is 9.19 Å². The summed E-state index contributed by atoms with van der Waals surface area (Å²) in [5, 5.41) is 26.4. The highest BCUT2D eigenvalue weighted by Crippen LogP contribution is 2.41. The maximum absolute atomic E-state index is 12.9. The van der Waals surface area contributed by atoms with E-state index in [1.165, 1.54) is 24.3 Å². The van der Waals surface area contributed by atoms with E-state index in [1.807, 2.05) is 0 Å². The van der Waals surface area contributed by atoms with E-state index in [9.17, 15) is 18.5 Å². The Morgan fingerprint density at radius 3 is 2.73 bits per heavy atom. The van der Waals surface area contributed by atoms with Crippen LogP contribution in [0.15, 0.2) is 57.6 Å². The molecule has 0 radical (unpaired) electrons. The number of ether oxygens (including phenoxy) is 1. The Labute approximate surface area is 171 Å². The summed E-state index contributed by atoms with van der Waals surface area (Å²) in [6.07, 6.45) is 0. The molecular formula is C18H16N6O5S. The van der Waals surface area contributed by atoms with Crippen LogP contribution in [0.5, 0.6) is 5.75 Å². The number of non-ortho nitro benzene ring substituents is 1. The molecule has 1 aliphatic rings. The Bertz CT molecular complexity index is 1300. The Kier molecular flexibility index (Phi) is 4.70. The van der Waals surface area contributed by atoms with Gasteiger partial charge in [0, 0.05) is 6.07 Å². The van der Waals surface area contributed by atoms with Crippen LogP contribution >= 0.6 is 0 Å². The molecule has 0 atom stereocenters. The quantitative estimate of drug-likeness (QED) is 0.285. The average Bonchev–Trinajstić information content (AvgIpc) is 3.03. The van der Waals surface area contributed by atoms with Crippen molar-refractivity contribution in [3.8, 4) is 5.75 Å². The number of hydrogen-bond acceptors (Lipinski definition) is 9. The summed E-state index contributed by atoms with van der Waals surface area (Å²) in [5.74, 6) is 0.356. The molecule has 2 heterocycles. The van der Waals surface area contributed by atoms with Gasteiger partial charge in [0.2, 0.25) is 0 Å². The molecule has 0 spiro atoms. The van der Waals surface area contributed by atoms with Crippen molar-refractivity contribution in [3.63, 3.8) is 0 Å². The Morgan fingerprint density at radius 1 is 1.23 bits per heavy atom. The summed E-state index contributed by atoms with van der Waals surface area (Å²) < 4.78 is 32.1. The fraction of sp³-hybridized carbons (Fsp3) is 0.167. The van der Waals surface area contributed by atoms with Crippen LogP contribution in [0.3, 0.4) is 0 Å². The molecular weight excluding hydrogens is 412 g/mol. The van der Waals surface area contributed by atoms with Crippen LogP contribution in [-0.4, -0.2) is 29.1 Å². The van der Waals surface area contributed by atoms with Crippen molar-refractivity contribution in [2.24, 2.45) is 10.2 Å². The van der Waals surface area contributed by atoms with Gasteiger partial charge in [-0.3, -0.25) is 10.1 Å². The van der Waals surface area contributed by atoms with Crippen molar-refractivity contribution in [2.75, 3.05) is 11.9 Å². The summed E-state index contributed by atoms with van der Waals surface area (Å²) in [5.41, 5.74) is 1.11. The number of nitrogens with one attached hydrogen (secondary N) is 1. The van der Waals surface area contributed by atoms with Crippen molar-refractivity contribution in [1.29, 1.82) is 0 Å². The molecule has 1 aromatic heterocycles. The topological polar surface area (TPSA) is 141 Å². The standard InChI is InChI=1S/C18H16N6O5S/c1-3-29-15-10-12(24(25)26)8-9-13(15)20-21-17-11(2)22-23-18(17)19-14-6-4-5-7-16(14)30(23,27)28/h4-10,19H,3H2,1-2H3. The number of nitro groups is 1. The second-order valence-electron chi connectivity index (χ2n) is 6.29. The van der Waals surface area contributed by atoms with Gasteiger partial charge in [-0.05, 0) is 32.0 Å². The third-order valence-electron chi connectivity index (χ3n) is 4.36. The monoisotopic (exact) mass is 428 g/mol. The number of azo groups is 1. The van der Waals surface area contributed by atoms with Crippen molar-refractivity contribution in [2.45, 2.75) is 18.7 Å². The van der Waals surface area contributed by atoms with E-state index < -0.39 is 14.9 Å². The Balaban J connectivity index is 1.78. The lowest BCUT2D eigenvalue weighted by atomic mass is 10.2. The molecule has 0 saturated carbocycles. The van der Waals surface area contributed by atoms with Gasteiger partial charge < -0.3 is 10.1 Å². The Morgan fingerprint density at radius 2 is 2.00 bits per heavy atom. The van der Waals surface area contributed by atoms with Gasteiger partial charge in [0.1, 0.15) is 10.6 Å². The first-order valence-corrected chi connectivity index (χ1v) is 10.3. The van der Waals surface area contributed by atoms with Gasteiger partial charge >= 0.3 is 0 Å². The number of rotatable bonds is 5. The number of nitro benzene ring substituents is 1. The zero-order chi connectivity index (χ0) is 21.5. The fourth-order valence-corrected chi connectivity index (χ4v) is 4.42. The van der Waals surface area contributed by atoms with Gasteiger partial charge in [0.15, 0.2) is 17.3 Å². The highest BCUT2D eigenvalue weighted by atomic mass is 32.2. The number of nitrogens with zero attached hydrogens (tertiary/aromatic N) is 5. The van der Waals surface area contributed by atoms with Crippen LogP contribution in [0.4, 0.5) is 28.6 Å². The molecule has 0 unspecified atom stereocenters. The third kappa shape index (κ3) is 3.16. The molecule has 2 aromatic carbocycles. The second kappa shape index (κ2) is 7.22. The van der Waals surface area contributed by atoms with Crippen LogP contribution in [0.1, 0.15) is 12.6 Å². The minimum absolute atomic E-state index is 0.109. The summed E-state index contributed by atoms with van der Waals surface area (Å²) in [4.78, 5) is 10.6. The molecule has 30 heavy (non-hydrogen) atoms. The van der Waals surface area contributed by atoms with Gasteiger partial charge in [-0.25, -0.2) is 0 Å². The lowest BCUT2D eigenvalue weighted by molar-refractivity contribution is -0.384. The molecule has 0 fully saturated rings. The van der Waals surface area contributed by atoms with E-state index in [2.05, 4.69) is 20.6 Å². The normalized spacial score (nSPS) is 14.1. The van der Waals surface area contributed by atoms with Gasteiger partial charge in [-0.15, -0.1) is 14.3 Å². The zero-order valence-corrected chi connectivity index (χ0v) is 16.8. The largest absolute Gasteiger partial charge is 0.491 e. The fourth-order valence-electron chi connectivity index (χ4n) is 2.99. The van der Waals surface area contributed by atoms with Crippen molar-refractivity contribution < 1.29 is 18.1 Å². The lowest BCUT2D eigenvalue weighted by Crippen LogP contribution is -2.22. The number of aromatic nitrogens is 2. The molecule has 154 valence electrons. The highest BCUT2D eigenvalue weighted by molar-refractivity contribution is 7.90. The lowest BCUT2D eigenvalue weighted by Gasteiger charge is -2.19. The smallest absolute Gasteiger partial charge is 0.287 e. The van der Waals surface area contributed by atoms with E-state index in [0.717, 1.165) is 4.09 Å². The maximum atomic E-state index is 12.9. The van der Waals surface area contributed by atoms with E-state index in [-0.39, 0.29) is 40.1 Å². The first-order chi connectivity index (χ1) is 14.3. The molecule has 0 saturated heterocycles. The van der Waals surface area contributed by atoms with Gasteiger partial charge in [0.25, 0.3) is 15.7 Å². The molecule has 0 amide bonds. The summed E-state index contributed by atoms with van der Waals surface area (Å²) in [6.45, 7) is 3.63. The van der Waals surface area contributed by atoms with E-state index in [4.69, 9.17) is 4.74 Å². The molecule has 0 aliphatic carbocycles. The average molecular weight is 428 g/mol. The predicted molar refractivity (Wildman–Crippen MR) is 108 cm³/mol. The first kappa shape index (κ1) is 19.5. The van der Waals surface area contributed by atoms with E-state index in [1.54, 1.807) is 32.0 Å². The number of hydrogen-bond donors (Lipinski definition) is 1. The number of para-hydroxylation sites is 1. The summed E-state index contributed by atoms with van der Waals surface area (Å²) in [6, 6.07) is 10.4. The molecule has 4 rings (SSSR count). The SMILES string of the molecule is CCOc1cc([N+](=O)[O-])ccc1N=Nc1c(C)nn2c1Nc1ccccc1S2(=O)=O. The van der Waals surface area contributed by atoms with Crippen molar-refractivity contribution in [3.05, 3.63) is 58.3 Å². The summed E-state index contributed by atoms with van der Waals surface area (Å²) in [7, 11) is -3.88. The number of fused-ring (bicyclic) bond motifs is 2. The molecule has 12 heteroatoms. The van der Waals surface area contributed by atoms with Crippen LogP contribution in [-0.2, 0) is 10.0 Å². The maximum Gasteiger partial charge on any atom is 0.287 e. The zero-order valence-electron chi connectivity index (χ0n) is 15.9. The molecule has 3 aromatic rings. The first-order valence-electron chi connectivity index (χ1n) is 8.87. The highest BCUT2D eigenvalue weighted by Gasteiger charge is 2.33. The third-order valence-corrected chi connectivity index (χ3v) is 5.99. The van der Waals surface area contributed by atoms with Crippen LogP contribution < -0.4 is 10.1 Å². The van der Waals surface area contributed by atoms with E-state index in [0.29, 0.717) is 11.4 Å². The predicted octanol–water partition coefficient (Wildman–Crippen LogP) is 4.21. The molecule has 1 aliphatic heterocycles. The number of anilines is 2. The van der Waals surface area contributed by atoms with Crippen molar-refractivity contribution >= 4 is 38.6 Å². The number of aryl methyl sites for hydroxylation is 1. The van der Waals surface area contributed by atoms with Gasteiger partial charge in [0.05, 0.1) is 29.0 Å². The molecule has 0 bridgehead atoms. The number of benzene rings is 2. The van der Waals surface area contributed by atoms with Crippen LogP contribution in [0.25, 0.3) is 0 Å². The molecule has 1 N–H and O–H groups in total. The second-order valence-corrected chi connectivity index (χ2v) is 8.03. The minimum atomic E-state index is -3.88. The summed E-state index contributed by atoms with van der Waals surface area (Å²) >= 11 is 0. The molecule has 11 nitrogen and oxygen atoms in total. The van der Waals surface area contributed by atoms with Gasteiger partial charge in [-0.2, -0.15) is 13.5 Å². The van der Waals surface area contributed by atoms with E-state index >= 15 is 0 Å². The Hall–Kier alpha value is -3.80. The van der Waals surface area contributed by atoms with Crippen LogP contribution in [0.2, 0.25) is 0 Å². The minimum Gasteiger partial charge on any atom is -0.491 e. The van der Waals surface area contributed by atoms with Gasteiger partial charge in [-0.1, -0.05) is 12.1 Å². The van der Waals surface area contributed by atoms with Crippen LogP contribution in [0, 0.1) is 17.0 Å².